The van der Waals surface area contributed by atoms with Crippen molar-refractivity contribution in [3.63, 3.8) is 0 Å². The summed E-state index contributed by atoms with van der Waals surface area (Å²) in [6.45, 7) is 14.1. The van der Waals surface area contributed by atoms with Crippen LogP contribution in [0.5, 0.6) is 5.88 Å². The zero-order chi connectivity index (χ0) is 25.8. The van der Waals surface area contributed by atoms with Gasteiger partial charge in [-0.05, 0) is 63.9 Å². The standard InChI is InChI=1S/C28H41N5O3/c1-7-20(14-34)10-17(4)30-27-25(18(5)32-28(33-27)29-13-21-8-9-21)23-11-22-12-24(35-15-16(2)3)31-19(6)26(22)36-23/h11-12,16-17,20-21,34H,7-10,13-15H2,1-6H3,(H2,29,30,32,33)/t17?,20-/m1/s1. The van der Waals surface area contributed by atoms with Crippen molar-refractivity contribution in [2.45, 2.75) is 73.3 Å². The summed E-state index contributed by atoms with van der Waals surface area (Å²) in [6, 6.07) is 4.07. The molecule has 0 aromatic carbocycles. The number of fused-ring (bicyclic) bond motifs is 1. The summed E-state index contributed by atoms with van der Waals surface area (Å²) in [4.78, 5) is 14.2. The lowest BCUT2D eigenvalue weighted by Crippen LogP contribution is -2.23. The summed E-state index contributed by atoms with van der Waals surface area (Å²) in [5, 5.41) is 17.6. The molecule has 1 aliphatic carbocycles. The summed E-state index contributed by atoms with van der Waals surface area (Å²) in [6.07, 6.45) is 4.31. The number of hydrogen-bond donors (Lipinski definition) is 3. The molecule has 3 N–H and O–H groups in total. The molecule has 0 amide bonds. The Labute approximate surface area is 214 Å². The van der Waals surface area contributed by atoms with Gasteiger partial charge in [-0.15, -0.1) is 0 Å². The first-order chi connectivity index (χ1) is 17.3. The Morgan fingerprint density at radius 2 is 1.89 bits per heavy atom. The second kappa shape index (κ2) is 11.5. The van der Waals surface area contributed by atoms with E-state index in [1.54, 1.807) is 0 Å². The lowest BCUT2D eigenvalue weighted by atomic mass is 9.99. The quantitative estimate of drug-likeness (QED) is 0.266. The zero-order valence-corrected chi connectivity index (χ0v) is 22.5. The molecule has 196 valence electrons. The van der Waals surface area contributed by atoms with Gasteiger partial charge in [0, 0.05) is 30.6 Å². The molecule has 8 heteroatoms. The third-order valence-electron chi connectivity index (χ3n) is 6.70. The summed E-state index contributed by atoms with van der Waals surface area (Å²) >= 11 is 0. The van der Waals surface area contributed by atoms with Gasteiger partial charge in [0.05, 0.1) is 23.6 Å². The Morgan fingerprint density at radius 1 is 1.11 bits per heavy atom. The van der Waals surface area contributed by atoms with Gasteiger partial charge in [-0.2, -0.15) is 4.98 Å². The SMILES string of the molecule is CC[C@@H](CO)CC(C)Nc1nc(NCC2CC2)nc(C)c1-c1cc2cc(OCC(C)C)nc(C)c2o1. The number of furan rings is 1. The first-order valence-corrected chi connectivity index (χ1v) is 13.3. The van der Waals surface area contributed by atoms with Gasteiger partial charge in [0.15, 0.2) is 5.58 Å². The Morgan fingerprint density at radius 3 is 2.56 bits per heavy atom. The monoisotopic (exact) mass is 495 g/mol. The number of nitrogens with one attached hydrogen (secondary N) is 2. The molecule has 2 atom stereocenters. The van der Waals surface area contributed by atoms with E-state index in [0.717, 1.165) is 59.0 Å². The van der Waals surface area contributed by atoms with Gasteiger partial charge >= 0.3 is 0 Å². The van der Waals surface area contributed by atoms with Crippen molar-refractivity contribution in [3.8, 4) is 17.2 Å². The second-order valence-electron chi connectivity index (χ2n) is 10.7. The highest BCUT2D eigenvalue weighted by molar-refractivity contribution is 5.88. The maximum absolute atomic E-state index is 9.69. The van der Waals surface area contributed by atoms with Crippen LogP contribution in [0.2, 0.25) is 0 Å². The molecule has 0 spiro atoms. The van der Waals surface area contributed by atoms with Gasteiger partial charge in [-0.25, -0.2) is 9.97 Å². The molecular weight excluding hydrogens is 454 g/mol. The van der Waals surface area contributed by atoms with Gasteiger partial charge in [0.2, 0.25) is 11.8 Å². The molecule has 0 bridgehead atoms. The van der Waals surface area contributed by atoms with Crippen molar-refractivity contribution in [2.75, 3.05) is 30.4 Å². The van der Waals surface area contributed by atoms with Gasteiger partial charge in [-0.3, -0.25) is 0 Å². The van der Waals surface area contributed by atoms with Gasteiger partial charge in [0.25, 0.3) is 0 Å². The number of aromatic nitrogens is 3. The first-order valence-electron chi connectivity index (χ1n) is 13.3. The molecule has 1 fully saturated rings. The molecule has 3 aromatic heterocycles. The maximum Gasteiger partial charge on any atom is 0.224 e. The van der Waals surface area contributed by atoms with Crippen LogP contribution in [-0.2, 0) is 0 Å². The van der Waals surface area contributed by atoms with E-state index < -0.39 is 0 Å². The van der Waals surface area contributed by atoms with E-state index >= 15 is 0 Å². The number of ether oxygens (including phenoxy) is 1. The molecule has 3 heterocycles. The van der Waals surface area contributed by atoms with Crippen molar-refractivity contribution in [1.29, 1.82) is 0 Å². The van der Waals surface area contributed by atoms with Crippen LogP contribution in [0.25, 0.3) is 22.3 Å². The van der Waals surface area contributed by atoms with Gasteiger partial charge in [0.1, 0.15) is 11.6 Å². The van der Waals surface area contributed by atoms with Crippen LogP contribution >= 0.6 is 0 Å². The Kier molecular flexibility index (Phi) is 8.34. The van der Waals surface area contributed by atoms with E-state index in [9.17, 15) is 5.11 Å². The summed E-state index contributed by atoms with van der Waals surface area (Å²) in [7, 11) is 0. The molecule has 3 aromatic rings. The highest BCUT2D eigenvalue weighted by Crippen LogP contribution is 2.37. The molecular formula is C28H41N5O3. The minimum atomic E-state index is 0.121. The molecule has 0 radical (unpaired) electrons. The molecule has 4 rings (SSSR count). The number of pyridine rings is 1. The van der Waals surface area contributed by atoms with E-state index in [4.69, 9.17) is 19.1 Å². The van der Waals surface area contributed by atoms with Crippen molar-refractivity contribution in [2.24, 2.45) is 17.8 Å². The second-order valence-corrected chi connectivity index (χ2v) is 10.7. The summed E-state index contributed by atoms with van der Waals surface area (Å²) < 4.78 is 12.2. The number of aryl methyl sites for hydroxylation is 2. The predicted molar refractivity (Wildman–Crippen MR) is 145 cm³/mol. The van der Waals surface area contributed by atoms with E-state index in [1.807, 2.05) is 26.0 Å². The number of aliphatic hydroxyl groups excluding tert-OH is 1. The highest BCUT2D eigenvalue weighted by Gasteiger charge is 2.24. The van der Waals surface area contributed by atoms with Gasteiger partial charge in [-0.1, -0.05) is 27.2 Å². The first kappa shape index (κ1) is 26.2. The lowest BCUT2D eigenvalue weighted by molar-refractivity contribution is 0.211. The number of aliphatic hydroxyl groups is 1. The average Bonchev–Trinajstić information content (AvgIpc) is 3.57. The minimum absolute atomic E-state index is 0.121. The van der Waals surface area contributed by atoms with Crippen LogP contribution in [0.4, 0.5) is 11.8 Å². The van der Waals surface area contributed by atoms with Crippen LogP contribution in [0.3, 0.4) is 0 Å². The topological polar surface area (TPSA) is 105 Å². The number of hydrogen-bond acceptors (Lipinski definition) is 8. The van der Waals surface area contributed by atoms with Crippen LogP contribution in [0, 0.1) is 31.6 Å². The van der Waals surface area contributed by atoms with E-state index in [1.165, 1.54) is 12.8 Å². The predicted octanol–water partition coefficient (Wildman–Crippen LogP) is 5.97. The maximum atomic E-state index is 9.69. The minimum Gasteiger partial charge on any atom is -0.477 e. The number of rotatable bonds is 13. The lowest BCUT2D eigenvalue weighted by Gasteiger charge is -2.21. The smallest absolute Gasteiger partial charge is 0.224 e. The highest BCUT2D eigenvalue weighted by atomic mass is 16.5. The van der Waals surface area contributed by atoms with Crippen molar-refractivity contribution in [1.82, 2.24) is 15.0 Å². The largest absolute Gasteiger partial charge is 0.477 e. The molecule has 1 aliphatic rings. The van der Waals surface area contributed by atoms with E-state index in [2.05, 4.69) is 43.3 Å². The normalized spacial score (nSPS) is 15.3. The molecule has 0 saturated heterocycles. The molecule has 1 saturated carbocycles. The molecule has 0 aliphatic heterocycles. The third-order valence-corrected chi connectivity index (χ3v) is 6.70. The van der Waals surface area contributed by atoms with Crippen molar-refractivity contribution < 1.29 is 14.3 Å². The summed E-state index contributed by atoms with van der Waals surface area (Å²) in [5.74, 6) is 4.06. The summed E-state index contributed by atoms with van der Waals surface area (Å²) in [5.41, 5.74) is 3.21. The van der Waals surface area contributed by atoms with Crippen LogP contribution in [-0.4, -0.2) is 45.9 Å². The molecule has 1 unspecified atom stereocenters. The van der Waals surface area contributed by atoms with Crippen molar-refractivity contribution >= 4 is 22.7 Å². The Hall–Kier alpha value is -2.87. The fourth-order valence-electron chi connectivity index (χ4n) is 4.40. The Bertz CT molecular complexity index is 1170. The van der Waals surface area contributed by atoms with Crippen LogP contribution in [0.1, 0.15) is 64.8 Å². The average molecular weight is 496 g/mol. The van der Waals surface area contributed by atoms with E-state index in [-0.39, 0.29) is 18.6 Å². The van der Waals surface area contributed by atoms with E-state index in [0.29, 0.717) is 30.1 Å². The molecule has 8 nitrogen and oxygen atoms in total. The van der Waals surface area contributed by atoms with Crippen molar-refractivity contribution in [3.05, 3.63) is 23.5 Å². The third kappa shape index (κ3) is 6.46. The number of nitrogens with zero attached hydrogens (tertiary/aromatic N) is 3. The number of anilines is 2. The van der Waals surface area contributed by atoms with Gasteiger partial charge < -0.3 is 24.9 Å². The molecule has 36 heavy (non-hydrogen) atoms. The zero-order valence-electron chi connectivity index (χ0n) is 22.5. The fourth-order valence-corrected chi connectivity index (χ4v) is 4.40. The van der Waals surface area contributed by atoms with Crippen LogP contribution < -0.4 is 15.4 Å². The fraction of sp³-hybridized carbons (Fsp3) is 0.607. The van der Waals surface area contributed by atoms with Crippen LogP contribution in [0.15, 0.2) is 16.5 Å². The Balaban J connectivity index is 1.69.